The molecule has 0 unspecified atom stereocenters. The van der Waals surface area contributed by atoms with Crippen molar-refractivity contribution in [3.05, 3.63) is 0 Å². The molecule has 0 aromatic rings. The maximum absolute atomic E-state index is 13.0. The van der Waals surface area contributed by atoms with E-state index in [0.29, 0.717) is 19.5 Å². The van der Waals surface area contributed by atoms with Crippen molar-refractivity contribution >= 4 is 42.5 Å². The molecule has 1 saturated heterocycles. The standard InChI is InChI=1S/C19H38N6O3.2ClH/c1-14(2)12-16(18(27)23-13-17(26)22-10-6-5-9-20)25(24(3)4)19(28)15-8-7-11-21-15;;/h14-16,21H,5-13,20H2,1-4H3,(H,22,26)(H,23,27);2*1H/t15-,16-;;/m0../s1. The molecule has 30 heavy (non-hydrogen) atoms. The molecule has 0 aromatic carbocycles. The summed E-state index contributed by atoms with van der Waals surface area (Å²) in [4.78, 5) is 37.8. The Bertz CT molecular complexity index is 516. The van der Waals surface area contributed by atoms with Gasteiger partial charge in [-0.3, -0.25) is 19.4 Å². The number of unbranched alkanes of at least 4 members (excludes halogenated alkanes) is 1. The van der Waals surface area contributed by atoms with Gasteiger partial charge in [0.15, 0.2) is 0 Å². The molecule has 1 heterocycles. The third kappa shape index (κ3) is 10.8. The molecule has 178 valence electrons. The van der Waals surface area contributed by atoms with Gasteiger partial charge in [0.25, 0.3) is 5.91 Å². The van der Waals surface area contributed by atoms with Crippen LogP contribution in [-0.2, 0) is 14.4 Å². The number of hydrogen-bond acceptors (Lipinski definition) is 6. The molecule has 5 N–H and O–H groups in total. The largest absolute Gasteiger partial charge is 0.355 e. The Morgan fingerprint density at radius 2 is 1.80 bits per heavy atom. The number of nitrogens with two attached hydrogens (primary N) is 1. The zero-order chi connectivity index (χ0) is 21.1. The van der Waals surface area contributed by atoms with Crippen molar-refractivity contribution in [3.63, 3.8) is 0 Å². The second-order valence-electron chi connectivity index (χ2n) is 7.89. The quantitative estimate of drug-likeness (QED) is 0.240. The smallest absolute Gasteiger partial charge is 0.254 e. The highest BCUT2D eigenvalue weighted by Gasteiger charge is 2.36. The van der Waals surface area contributed by atoms with Crippen LogP contribution in [0, 0.1) is 5.92 Å². The summed E-state index contributed by atoms with van der Waals surface area (Å²) in [5.74, 6) is -0.443. The molecular formula is C19H40Cl2N6O3. The van der Waals surface area contributed by atoms with Gasteiger partial charge < -0.3 is 21.7 Å². The Balaban J connectivity index is 0. The van der Waals surface area contributed by atoms with Crippen LogP contribution in [0.1, 0.15) is 46.0 Å². The van der Waals surface area contributed by atoms with Crippen molar-refractivity contribution in [1.82, 2.24) is 26.0 Å². The SMILES string of the molecule is CC(C)C[C@@H](C(=O)NCC(=O)NCCCCN)N(C(=O)[C@@H]1CCCN1)N(C)C.Cl.Cl. The third-order valence-electron chi connectivity index (χ3n) is 4.68. The predicted octanol–water partition coefficient (Wildman–Crippen LogP) is 0.273. The van der Waals surface area contributed by atoms with E-state index in [1.165, 1.54) is 5.01 Å². The lowest BCUT2D eigenvalue weighted by Gasteiger charge is -2.37. The number of nitrogens with one attached hydrogen (secondary N) is 3. The molecule has 11 heteroatoms. The van der Waals surface area contributed by atoms with E-state index in [9.17, 15) is 14.4 Å². The first kappa shape index (κ1) is 31.1. The Kier molecular flexibility index (Phi) is 17.1. The van der Waals surface area contributed by atoms with Crippen LogP contribution in [0.4, 0.5) is 0 Å². The minimum atomic E-state index is -0.657. The zero-order valence-corrected chi connectivity index (χ0v) is 20.2. The lowest BCUT2D eigenvalue weighted by molar-refractivity contribution is -0.159. The Morgan fingerprint density at radius 3 is 2.30 bits per heavy atom. The lowest BCUT2D eigenvalue weighted by atomic mass is 10.0. The highest BCUT2D eigenvalue weighted by Crippen LogP contribution is 2.17. The maximum atomic E-state index is 13.0. The van der Waals surface area contributed by atoms with Crippen LogP contribution in [-0.4, -0.2) is 80.1 Å². The van der Waals surface area contributed by atoms with Crippen LogP contribution >= 0.6 is 24.8 Å². The lowest BCUT2D eigenvalue weighted by Crippen LogP contribution is -2.59. The Morgan fingerprint density at radius 1 is 1.13 bits per heavy atom. The van der Waals surface area contributed by atoms with Gasteiger partial charge in [0.05, 0.1) is 12.6 Å². The molecule has 1 aliphatic heterocycles. The summed E-state index contributed by atoms with van der Waals surface area (Å²) in [5.41, 5.74) is 5.43. The molecule has 0 saturated carbocycles. The fourth-order valence-electron chi connectivity index (χ4n) is 3.29. The average molecular weight is 471 g/mol. The molecule has 2 atom stereocenters. The van der Waals surface area contributed by atoms with Gasteiger partial charge in [-0.05, 0) is 51.1 Å². The highest BCUT2D eigenvalue weighted by atomic mass is 35.5. The average Bonchev–Trinajstić information content (AvgIpc) is 3.16. The first-order valence-corrected chi connectivity index (χ1v) is 10.3. The molecule has 1 aliphatic rings. The molecule has 0 radical (unpaired) electrons. The van der Waals surface area contributed by atoms with Crippen LogP contribution in [0.5, 0.6) is 0 Å². The van der Waals surface area contributed by atoms with E-state index in [4.69, 9.17) is 5.73 Å². The molecule has 9 nitrogen and oxygen atoms in total. The summed E-state index contributed by atoms with van der Waals surface area (Å²) in [6.07, 6.45) is 3.88. The number of amides is 3. The fraction of sp³-hybridized carbons (Fsp3) is 0.842. The van der Waals surface area contributed by atoms with Crippen molar-refractivity contribution in [1.29, 1.82) is 0 Å². The number of halogens is 2. The van der Waals surface area contributed by atoms with Crippen molar-refractivity contribution in [2.24, 2.45) is 11.7 Å². The summed E-state index contributed by atoms with van der Waals surface area (Å²) < 4.78 is 0. The van der Waals surface area contributed by atoms with E-state index in [-0.39, 0.29) is 61.0 Å². The van der Waals surface area contributed by atoms with Gasteiger partial charge in [-0.2, -0.15) is 0 Å². The van der Waals surface area contributed by atoms with E-state index < -0.39 is 6.04 Å². The summed E-state index contributed by atoms with van der Waals surface area (Å²) in [5, 5.41) is 11.8. The van der Waals surface area contributed by atoms with E-state index in [2.05, 4.69) is 16.0 Å². The third-order valence-corrected chi connectivity index (χ3v) is 4.68. The van der Waals surface area contributed by atoms with E-state index >= 15 is 0 Å². The maximum Gasteiger partial charge on any atom is 0.254 e. The van der Waals surface area contributed by atoms with Crippen molar-refractivity contribution in [3.8, 4) is 0 Å². The van der Waals surface area contributed by atoms with Crippen LogP contribution in [0.2, 0.25) is 0 Å². The number of nitrogens with zero attached hydrogens (tertiary/aromatic N) is 2. The van der Waals surface area contributed by atoms with Gasteiger partial charge in [0, 0.05) is 20.6 Å². The van der Waals surface area contributed by atoms with E-state index in [1.54, 1.807) is 19.1 Å². The zero-order valence-electron chi connectivity index (χ0n) is 18.6. The van der Waals surface area contributed by atoms with Gasteiger partial charge in [-0.25, -0.2) is 5.01 Å². The summed E-state index contributed by atoms with van der Waals surface area (Å²) in [6, 6.07) is -0.925. The summed E-state index contributed by atoms with van der Waals surface area (Å²) >= 11 is 0. The van der Waals surface area contributed by atoms with Crippen molar-refractivity contribution in [2.75, 3.05) is 40.3 Å². The van der Waals surface area contributed by atoms with E-state index in [1.807, 2.05) is 13.8 Å². The van der Waals surface area contributed by atoms with E-state index in [0.717, 1.165) is 32.2 Å². The number of rotatable bonds is 12. The second-order valence-corrected chi connectivity index (χ2v) is 7.89. The molecule has 1 fully saturated rings. The first-order valence-electron chi connectivity index (χ1n) is 10.3. The second kappa shape index (κ2) is 16.5. The van der Waals surface area contributed by atoms with Gasteiger partial charge in [0.2, 0.25) is 11.8 Å². The highest BCUT2D eigenvalue weighted by molar-refractivity contribution is 5.91. The summed E-state index contributed by atoms with van der Waals surface area (Å²) in [6.45, 7) is 5.86. The monoisotopic (exact) mass is 470 g/mol. The molecular weight excluding hydrogens is 431 g/mol. The van der Waals surface area contributed by atoms with Crippen molar-refractivity contribution in [2.45, 2.75) is 58.0 Å². The molecule has 1 rings (SSSR count). The Labute approximate surface area is 193 Å². The molecule has 0 aliphatic carbocycles. The van der Waals surface area contributed by atoms with Crippen LogP contribution in [0.25, 0.3) is 0 Å². The molecule has 0 bridgehead atoms. The number of hydrogen-bond donors (Lipinski definition) is 4. The van der Waals surface area contributed by atoms with Crippen LogP contribution < -0.4 is 21.7 Å². The number of carbonyl (C=O) groups is 3. The topological polar surface area (TPSA) is 120 Å². The minimum Gasteiger partial charge on any atom is -0.355 e. The molecule has 0 spiro atoms. The van der Waals surface area contributed by atoms with Crippen LogP contribution in [0.15, 0.2) is 0 Å². The molecule has 0 aromatic heterocycles. The molecule has 3 amide bonds. The summed E-state index contributed by atoms with van der Waals surface area (Å²) in [7, 11) is 3.52. The fourth-order valence-corrected chi connectivity index (χ4v) is 3.29. The Hall–Kier alpha value is -1.13. The van der Waals surface area contributed by atoms with Gasteiger partial charge in [-0.15, -0.1) is 24.8 Å². The van der Waals surface area contributed by atoms with Gasteiger partial charge in [-0.1, -0.05) is 13.8 Å². The first-order chi connectivity index (χ1) is 13.3. The minimum absolute atomic E-state index is 0. The number of hydrazine groups is 1. The van der Waals surface area contributed by atoms with Gasteiger partial charge in [0.1, 0.15) is 6.04 Å². The van der Waals surface area contributed by atoms with Crippen molar-refractivity contribution < 1.29 is 14.4 Å². The number of carbonyl (C=O) groups excluding carboxylic acids is 3. The van der Waals surface area contributed by atoms with Crippen LogP contribution in [0.3, 0.4) is 0 Å². The van der Waals surface area contributed by atoms with Gasteiger partial charge >= 0.3 is 0 Å². The normalized spacial score (nSPS) is 16.4. The predicted molar refractivity (Wildman–Crippen MR) is 124 cm³/mol.